The molecule has 0 bridgehead atoms. The van der Waals surface area contributed by atoms with Gasteiger partial charge < -0.3 is 10.2 Å². The van der Waals surface area contributed by atoms with Gasteiger partial charge in [-0.15, -0.1) is 5.10 Å². The first kappa shape index (κ1) is 9.71. The van der Waals surface area contributed by atoms with Crippen molar-refractivity contribution in [2.75, 3.05) is 5.73 Å². The van der Waals surface area contributed by atoms with Crippen LogP contribution in [0.15, 0.2) is 28.7 Å². The zero-order valence-electron chi connectivity index (χ0n) is 8.60. The van der Waals surface area contributed by atoms with E-state index in [0.29, 0.717) is 5.89 Å². The quantitative estimate of drug-likeness (QED) is 0.825. The number of hydrogen-bond acceptors (Lipinski definition) is 4. The molecule has 0 aliphatic carbocycles. The van der Waals surface area contributed by atoms with E-state index in [2.05, 4.69) is 35.3 Å². The van der Waals surface area contributed by atoms with Crippen molar-refractivity contribution < 1.29 is 4.42 Å². The van der Waals surface area contributed by atoms with E-state index in [-0.39, 0.29) is 6.01 Å². The molecule has 0 saturated carbocycles. The molecular weight excluding hydrogens is 190 g/mol. The second-order valence-electron chi connectivity index (χ2n) is 3.52. The Labute approximate surface area is 88.1 Å². The number of aryl methyl sites for hydroxylation is 3. The minimum absolute atomic E-state index is 0.134. The van der Waals surface area contributed by atoms with Gasteiger partial charge in [-0.2, -0.15) is 0 Å². The summed E-state index contributed by atoms with van der Waals surface area (Å²) in [5.41, 5.74) is 7.86. The first-order valence-electron chi connectivity index (χ1n) is 4.87. The third kappa shape index (κ3) is 2.56. The molecule has 1 heterocycles. The molecule has 0 spiro atoms. The number of nitrogens with zero attached hydrogens (tertiary/aromatic N) is 2. The number of nitrogens with two attached hydrogens (primary N) is 1. The molecule has 2 rings (SSSR count). The monoisotopic (exact) mass is 203 g/mol. The van der Waals surface area contributed by atoms with Crippen molar-refractivity contribution in [3.63, 3.8) is 0 Å². The Kier molecular flexibility index (Phi) is 2.67. The normalized spacial score (nSPS) is 10.5. The Morgan fingerprint density at radius 3 is 2.80 bits per heavy atom. The van der Waals surface area contributed by atoms with Gasteiger partial charge in [0.25, 0.3) is 0 Å². The summed E-state index contributed by atoms with van der Waals surface area (Å²) in [5.74, 6) is 0.592. The van der Waals surface area contributed by atoms with Crippen LogP contribution in [-0.4, -0.2) is 10.2 Å². The highest BCUT2D eigenvalue weighted by atomic mass is 16.4. The number of nitrogen functional groups attached to an aromatic ring is 1. The van der Waals surface area contributed by atoms with Crippen LogP contribution in [0, 0.1) is 6.92 Å². The summed E-state index contributed by atoms with van der Waals surface area (Å²) < 4.78 is 5.09. The van der Waals surface area contributed by atoms with Gasteiger partial charge in [0.15, 0.2) is 0 Å². The Morgan fingerprint density at radius 1 is 1.27 bits per heavy atom. The fraction of sp³-hybridized carbons (Fsp3) is 0.273. The lowest BCUT2D eigenvalue weighted by atomic mass is 10.1. The van der Waals surface area contributed by atoms with E-state index in [4.69, 9.17) is 10.2 Å². The second kappa shape index (κ2) is 4.13. The van der Waals surface area contributed by atoms with Gasteiger partial charge in [0.2, 0.25) is 5.89 Å². The van der Waals surface area contributed by atoms with E-state index in [1.165, 1.54) is 11.1 Å². The first-order valence-corrected chi connectivity index (χ1v) is 4.87. The van der Waals surface area contributed by atoms with Crippen molar-refractivity contribution >= 4 is 6.01 Å². The maximum atomic E-state index is 5.33. The number of hydrogen-bond donors (Lipinski definition) is 1. The molecule has 4 heteroatoms. The fourth-order valence-corrected chi connectivity index (χ4v) is 1.49. The SMILES string of the molecule is Cc1cccc(CCc2nnc(N)o2)c1. The average Bonchev–Trinajstić information content (AvgIpc) is 2.62. The van der Waals surface area contributed by atoms with Gasteiger partial charge in [0.05, 0.1) is 0 Å². The molecule has 2 aromatic rings. The highest BCUT2D eigenvalue weighted by Gasteiger charge is 2.02. The lowest BCUT2D eigenvalue weighted by Gasteiger charge is -1.99. The van der Waals surface area contributed by atoms with E-state index in [0.717, 1.165) is 12.8 Å². The number of anilines is 1. The van der Waals surface area contributed by atoms with E-state index in [1.807, 2.05) is 6.07 Å². The van der Waals surface area contributed by atoms with Gasteiger partial charge in [0.1, 0.15) is 0 Å². The molecule has 4 nitrogen and oxygen atoms in total. The molecule has 15 heavy (non-hydrogen) atoms. The maximum absolute atomic E-state index is 5.33. The molecular formula is C11H13N3O. The van der Waals surface area contributed by atoms with E-state index in [9.17, 15) is 0 Å². The van der Waals surface area contributed by atoms with Crippen LogP contribution in [0.5, 0.6) is 0 Å². The zero-order chi connectivity index (χ0) is 10.7. The lowest BCUT2D eigenvalue weighted by molar-refractivity contribution is 0.509. The molecule has 1 aromatic carbocycles. The highest BCUT2D eigenvalue weighted by Crippen LogP contribution is 2.09. The minimum atomic E-state index is 0.134. The van der Waals surface area contributed by atoms with Crippen molar-refractivity contribution in [2.24, 2.45) is 0 Å². The van der Waals surface area contributed by atoms with Gasteiger partial charge in [-0.1, -0.05) is 34.9 Å². The smallest absolute Gasteiger partial charge is 0.312 e. The molecule has 0 unspecified atom stereocenters. The molecule has 78 valence electrons. The Hall–Kier alpha value is -1.84. The number of benzene rings is 1. The Morgan fingerprint density at radius 2 is 2.13 bits per heavy atom. The third-order valence-electron chi connectivity index (χ3n) is 2.19. The average molecular weight is 203 g/mol. The second-order valence-corrected chi connectivity index (χ2v) is 3.52. The highest BCUT2D eigenvalue weighted by molar-refractivity contribution is 5.22. The number of rotatable bonds is 3. The van der Waals surface area contributed by atoms with Crippen LogP contribution in [-0.2, 0) is 12.8 Å². The molecule has 0 amide bonds. The summed E-state index contributed by atoms with van der Waals surface area (Å²) in [6.07, 6.45) is 1.62. The molecule has 0 aliphatic rings. The first-order chi connectivity index (χ1) is 7.24. The number of aromatic nitrogens is 2. The molecule has 0 atom stereocenters. The summed E-state index contributed by atoms with van der Waals surface area (Å²) in [4.78, 5) is 0. The minimum Gasteiger partial charge on any atom is -0.408 e. The molecule has 0 fully saturated rings. The molecule has 0 saturated heterocycles. The van der Waals surface area contributed by atoms with Crippen LogP contribution in [0.4, 0.5) is 6.01 Å². The van der Waals surface area contributed by atoms with Crippen molar-refractivity contribution in [1.29, 1.82) is 0 Å². The molecule has 2 N–H and O–H groups in total. The van der Waals surface area contributed by atoms with Crippen molar-refractivity contribution in [2.45, 2.75) is 19.8 Å². The molecule has 1 aromatic heterocycles. The fourth-order valence-electron chi connectivity index (χ4n) is 1.49. The summed E-state index contributed by atoms with van der Waals surface area (Å²) in [5, 5.41) is 7.42. The van der Waals surface area contributed by atoms with Crippen LogP contribution in [0.25, 0.3) is 0 Å². The lowest BCUT2D eigenvalue weighted by Crippen LogP contribution is -1.92. The van der Waals surface area contributed by atoms with Gasteiger partial charge in [-0.05, 0) is 18.9 Å². The maximum Gasteiger partial charge on any atom is 0.312 e. The van der Waals surface area contributed by atoms with Crippen LogP contribution >= 0.6 is 0 Å². The van der Waals surface area contributed by atoms with Gasteiger partial charge in [-0.3, -0.25) is 0 Å². The zero-order valence-corrected chi connectivity index (χ0v) is 8.60. The summed E-state index contributed by atoms with van der Waals surface area (Å²) >= 11 is 0. The van der Waals surface area contributed by atoms with Crippen molar-refractivity contribution in [1.82, 2.24) is 10.2 Å². The summed E-state index contributed by atoms with van der Waals surface area (Å²) in [6.45, 7) is 2.08. The van der Waals surface area contributed by atoms with Crippen molar-refractivity contribution in [3.05, 3.63) is 41.3 Å². The van der Waals surface area contributed by atoms with Crippen LogP contribution in [0.3, 0.4) is 0 Å². The standard InChI is InChI=1S/C11H13N3O/c1-8-3-2-4-9(7-8)5-6-10-13-14-11(12)15-10/h2-4,7H,5-6H2,1H3,(H2,12,14). The summed E-state index contributed by atoms with van der Waals surface area (Å²) in [7, 11) is 0. The van der Waals surface area contributed by atoms with Crippen LogP contribution in [0.2, 0.25) is 0 Å². The van der Waals surface area contributed by atoms with Gasteiger partial charge in [0, 0.05) is 6.42 Å². The predicted molar refractivity (Wildman–Crippen MR) is 57.3 cm³/mol. The molecule has 0 radical (unpaired) electrons. The third-order valence-corrected chi connectivity index (χ3v) is 2.19. The predicted octanol–water partition coefficient (Wildman–Crippen LogP) is 1.75. The van der Waals surface area contributed by atoms with E-state index in [1.54, 1.807) is 0 Å². The van der Waals surface area contributed by atoms with E-state index >= 15 is 0 Å². The van der Waals surface area contributed by atoms with Gasteiger partial charge in [-0.25, -0.2) is 0 Å². The van der Waals surface area contributed by atoms with Crippen LogP contribution < -0.4 is 5.73 Å². The Balaban J connectivity index is 1.99. The molecule has 0 aliphatic heterocycles. The largest absolute Gasteiger partial charge is 0.408 e. The topological polar surface area (TPSA) is 64.9 Å². The van der Waals surface area contributed by atoms with Gasteiger partial charge >= 0.3 is 6.01 Å². The summed E-state index contributed by atoms with van der Waals surface area (Å²) in [6, 6.07) is 8.50. The van der Waals surface area contributed by atoms with E-state index < -0.39 is 0 Å². The van der Waals surface area contributed by atoms with Crippen LogP contribution in [0.1, 0.15) is 17.0 Å². The van der Waals surface area contributed by atoms with Crippen molar-refractivity contribution in [3.8, 4) is 0 Å². The Bertz CT molecular complexity index is 451.